The minimum atomic E-state index is 0.0750. The molecule has 0 spiro atoms. The summed E-state index contributed by atoms with van der Waals surface area (Å²) < 4.78 is 3.94. The van der Waals surface area contributed by atoms with E-state index >= 15 is 0 Å². The molecule has 1 unspecified atom stereocenters. The van der Waals surface area contributed by atoms with E-state index in [2.05, 4.69) is 16.5 Å². The first-order chi connectivity index (χ1) is 9.27. The van der Waals surface area contributed by atoms with Crippen LogP contribution in [0.1, 0.15) is 54.4 Å². The first-order valence-corrected chi connectivity index (χ1v) is 8.26. The number of hydrogen-bond acceptors (Lipinski definition) is 4. The fourth-order valence-corrected chi connectivity index (χ4v) is 3.49. The molecule has 0 N–H and O–H groups in total. The van der Waals surface area contributed by atoms with Gasteiger partial charge in [-0.1, -0.05) is 30.7 Å². The van der Waals surface area contributed by atoms with Gasteiger partial charge in [-0.05, 0) is 30.8 Å². The molecular weight excluding hydrogens is 282 g/mol. The summed E-state index contributed by atoms with van der Waals surface area (Å²) in [6.45, 7) is 2.89. The predicted octanol–water partition coefficient (Wildman–Crippen LogP) is 3.11. The van der Waals surface area contributed by atoms with E-state index in [-0.39, 0.29) is 11.9 Å². The van der Waals surface area contributed by atoms with Gasteiger partial charge in [0.2, 0.25) is 0 Å². The monoisotopic (exact) mass is 301 g/mol. The molecule has 6 heteroatoms. The molecule has 1 amide bonds. The number of carbonyl (C=O) groups excluding carboxylic acids is 1. The summed E-state index contributed by atoms with van der Waals surface area (Å²) in [7, 11) is 0. The highest BCUT2D eigenvalue weighted by atomic mass is 35.5. The molecule has 1 aliphatic heterocycles. The Bertz CT molecular complexity index is 424. The molecule has 0 saturated carbocycles. The van der Waals surface area contributed by atoms with E-state index in [9.17, 15) is 4.79 Å². The van der Waals surface area contributed by atoms with Crippen LogP contribution in [0.5, 0.6) is 0 Å². The van der Waals surface area contributed by atoms with Crippen LogP contribution >= 0.6 is 23.1 Å². The summed E-state index contributed by atoms with van der Waals surface area (Å²) >= 11 is 7.25. The Balaban J connectivity index is 2.18. The number of nitrogens with zero attached hydrogens (tertiary/aromatic N) is 3. The molecule has 106 valence electrons. The summed E-state index contributed by atoms with van der Waals surface area (Å²) in [6.07, 6.45) is 6.20. The highest BCUT2D eigenvalue weighted by Crippen LogP contribution is 2.23. The van der Waals surface area contributed by atoms with E-state index in [0.29, 0.717) is 10.8 Å². The van der Waals surface area contributed by atoms with Crippen LogP contribution < -0.4 is 0 Å². The maximum absolute atomic E-state index is 12.7. The highest BCUT2D eigenvalue weighted by molar-refractivity contribution is 7.08. The van der Waals surface area contributed by atoms with E-state index in [0.717, 1.165) is 44.3 Å². The quantitative estimate of drug-likeness (QED) is 0.803. The molecule has 2 heterocycles. The van der Waals surface area contributed by atoms with Crippen molar-refractivity contribution in [2.75, 3.05) is 12.4 Å². The van der Waals surface area contributed by atoms with E-state index in [1.807, 2.05) is 4.90 Å². The number of likely N-dealkylation sites (tertiary alicyclic amines) is 1. The van der Waals surface area contributed by atoms with Crippen molar-refractivity contribution >= 4 is 29.0 Å². The first kappa shape index (κ1) is 14.7. The Morgan fingerprint density at radius 1 is 1.47 bits per heavy atom. The number of aromatic nitrogens is 2. The van der Waals surface area contributed by atoms with Gasteiger partial charge in [0.05, 0.1) is 5.69 Å². The van der Waals surface area contributed by atoms with Crippen molar-refractivity contribution in [3.05, 3.63) is 10.6 Å². The normalized spacial score (nSPS) is 20.3. The van der Waals surface area contributed by atoms with Crippen LogP contribution in [-0.4, -0.2) is 38.9 Å². The Kier molecular flexibility index (Phi) is 5.58. The minimum absolute atomic E-state index is 0.0750. The van der Waals surface area contributed by atoms with Crippen LogP contribution in [0.2, 0.25) is 0 Å². The van der Waals surface area contributed by atoms with Gasteiger partial charge in [-0.15, -0.1) is 16.7 Å². The van der Waals surface area contributed by atoms with Gasteiger partial charge in [0.15, 0.2) is 0 Å². The summed E-state index contributed by atoms with van der Waals surface area (Å²) in [5.74, 6) is 0.590. The van der Waals surface area contributed by atoms with Gasteiger partial charge >= 0.3 is 0 Å². The maximum atomic E-state index is 12.7. The average molecular weight is 302 g/mol. The molecule has 1 aromatic rings. The molecule has 1 fully saturated rings. The third-order valence-corrected chi connectivity index (χ3v) is 4.67. The summed E-state index contributed by atoms with van der Waals surface area (Å²) in [5.41, 5.74) is 0.843. The van der Waals surface area contributed by atoms with E-state index in [1.165, 1.54) is 18.0 Å². The molecule has 0 aliphatic carbocycles. The zero-order valence-electron chi connectivity index (χ0n) is 11.3. The van der Waals surface area contributed by atoms with Gasteiger partial charge in [-0.3, -0.25) is 4.79 Å². The Morgan fingerprint density at radius 3 is 3.05 bits per heavy atom. The van der Waals surface area contributed by atoms with Crippen molar-refractivity contribution in [1.82, 2.24) is 14.5 Å². The molecule has 1 aromatic heterocycles. The number of amides is 1. The lowest BCUT2D eigenvalue weighted by molar-refractivity contribution is 0.0704. The third-order valence-electron chi connectivity index (χ3n) is 3.55. The lowest BCUT2D eigenvalue weighted by Gasteiger charge is -2.28. The zero-order valence-corrected chi connectivity index (χ0v) is 12.8. The van der Waals surface area contributed by atoms with Crippen LogP contribution in [0.4, 0.5) is 0 Å². The summed E-state index contributed by atoms with van der Waals surface area (Å²) in [4.78, 5) is 15.3. The molecule has 0 aromatic carbocycles. The minimum Gasteiger partial charge on any atom is -0.334 e. The van der Waals surface area contributed by atoms with Crippen molar-refractivity contribution in [3.63, 3.8) is 0 Å². The molecule has 1 atom stereocenters. The predicted molar refractivity (Wildman–Crippen MR) is 77.9 cm³/mol. The summed E-state index contributed by atoms with van der Waals surface area (Å²) in [6, 6.07) is 0.160. The van der Waals surface area contributed by atoms with Crippen molar-refractivity contribution in [3.8, 4) is 0 Å². The second kappa shape index (κ2) is 7.20. The number of halogens is 1. The van der Waals surface area contributed by atoms with Gasteiger partial charge in [-0.2, -0.15) is 0 Å². The van der Waals surface area contributed by atoms with E-state index in [4.69, 9.17) is 11.6 Å². The fourth-order valence-electron chi connectivity index (χ4n) is 2.51. The molecule has 1 saturated heterocycles. The molecule has 0 bridgehead atoms. The topological polar surface area (TPSA) is 46.1 Å². The van der Waals surface area contributed by atoms with Gasteiger partial charge in [-0.25, -0.2) is 0 Å². The lowest BCUT2D eigenvalue weighted by atomic mass is 10.1. The molecule has 0 radical (unpaired) electrons. The number of hydrogen-bond donors (Lipinski definition) is 0. The molecule has 2 rings (SSSR count). The maximum Gasteiger partial charge on any atom is 0.267 e. The van der Waals surface area contributed by atoms with Crippen molar-refractivity contribution in [2.45, 2.75) is 51.5 Å². The van der Waals surface area contributed by atoms with Gasteiger partial charge in [0.1, 0.15) is 4.88 Å². The van der Waals surface area contributed by atoms with Crippen LogP contribution in [-0.2, 0) is 6.42 Å². The Hall–Kier alpha value is -0.680. The van der Waals surface area contributed by atoms with Gasteiger partial charge in [0, 0.05) is 18.5 Å². The van der Waals surface area contributed by atoms with Crippen LogP contribution in [0, 0.1) is 0 Å². The fraction of sp³-hybridized carbons (Fsp3) is 0.769. The second-order valence-electron chi connectivity index (χ2n) is 4.95. The van der Waals surface area contributed by atoms with E-state index in [1.54, 1.807) is 0 Å². The largest absolute Gasteiger partial charge is 0.334 e. The first-order valence-electron chi connectivity index (χ1n) is 6.96. The van der Waals surface area contributed by atoms with E-state index < -0.39 is 0 Å². The number of alkyl halides is 1. The SMILES string of the molecule is CCCc1nnsc1C(=O)N1CCCCCC1CCl. The van der Waals surface area contributed by atoms with Gasteiger partial charge in [0.25, 0.3) is 5.91 Å². The number of carbonyl (C=O) groups is 1. The van der Waals surface area contributed by atoms with Crippen LogP contribution in [0.3, 0.4) is 0 Å². The van der Waals surface area contributed by atoms with Crippen LogP contribution in [0.25, 0.3) is 0 Å². The highest BCUT2D eigenvalue weighted by Gasteiger charge is 2.28. The molecule has 19 heavy (non-hydrogen) atoms. The molecule has 4 nitrogen and oxygen atoms in total. The zero-order chi connectivity index (χ0) is 13.7. The second-order valence-corrected chi connectivity index (χ2v) is 6.02. The smallest absolute Gasteiger partial charge is 0.267 e. The number of aryl methyl sites for hydroxylation is 1. The van der Waals surface area contributed by atoms with Crippen LogP contribution in [0.15, 0.2) is 0 Å². The van der Waals surface area contributed by atoms with Crippen molar-refractivity contribution in [1.29, 1.82) is 0 Å². The molecule has 1 aliphatic rings. The summed E-state index contributed by atoms with van der Waals surface area (Å²) in [5, 5.41) is 4.08. The standard InChI is InChI=1S/C13H20ClN3OS/c1-2-6-11-12(19-16-15-11)13(18)17-8-5-3-4-7-10(17)9-14/h10H,2-9H2,1H3. The Morgan fingerprint density at radius 2 is 2.32 bits per heavy atom. The van der Waals surface area contributed by atoms with Crippen molar-refractivity contribution in [2.24, 2.45) is 0 Å². The van der Waals surface area contributed by atoms with Crippen molar-refractivity contribution < 1.29 is 4.79 Å². The average Bonchev–Trinajstić information content (AvgIpc) is 2.74. The lowest BCUT2D eigenvalue weighted by Crippen LogP contribution is -2.41. The van der Waals surface area contributed by atoms with Gasteiger partial charge < -0.3 is 4.90 Å². The molecular formula is C13H20ClN3OS. The Labute approximate surface area is 123 Å². The number of rotatable bonds is 4. The third kappa shape index (κ3) is 3.45.